The highest BCUT2D eigenvalue weighted by molar-refractivity contribution is 5.99. The van der Waals surface area contributed by atoms with Crippen LogP contribution < -0.4 is 4.74 Å². The van der Waals surface area contributed by atoms with Gasteiger partial charge in [0.2, 0.25) is 0 Å². The number of hydrogen-bond acceptors (Lipinski definition) is 7. The molecule has 2 unspecified atom stereocenters. The topological polar surface area (TPSA) is 126 Å². The van der Waals surface area contributed by atoms with E-state index in [4.69, 9.17) is 19.3 Å². The number of carboxylic acid groups (broad SMARTS) is 1. The lowest BCUT2D eigenvalue weighted by Crippen LogP contribution is -2.65. The number of aliphatic hydroxyl groups excluding tert-OH is 1. The summed E-state index contributed by atoms with van der Waals surface area (Å²) in [6, 6.07) is 5.51. The van der Waals surface area contributed by atoms with Crippen LogP contribution in [0.3, 0.4) is 0 Å². The molecule has 1 aromatic carbocycles. The number of carbonyl (C=O) groups excluding carboxylic acids is 2. The van der Waals surface area contributed by atoms with E-state index < -0.39 is 41.4 Å². The summed E-state index contributed by atoms with van der Waals surface area (Å²) in [4.78, 5) is 41.6. The maximum absolute atomic E-state index is 13.2. The Kier molecular flexibility index (Phi) is 7.88. The Morgan fingerprint density at radius 1 is 0.944 bits per heavy atom. The Morgan fingerprint density at radius 3 is 2.06 bits per heavy atom. The van der Waals surface area contributed by atoms with Crippen molar-refractivity contribution in [1.29, 1.82) is 0 Å². The van der Waals surface area contributed by atoms with Gasteiger partial charge in [-0.15, -0.1) is 0 Å². The monoisotopic (exact) mass is 504 g/mol. The third kappa shape index (κ3) is 6.48. The maximum Gasteiger partial charge on any atom is 0.411 e. The molecule has 0 aliphatic carbocycles. The molecule has 3 rings (SSSR count). The van der Waals surface area contributed by atoms with E-state index in [1.54, 1.807) is 65.8 Å². The minimum atomic E-state index is -1.17. The first kappa shape index (κ1) is 27.3. The van der Waals surface area contributed by atoms with Gasteiger partial charge in [0.05, 0.1) is 24.3 Å². The van der Waals surface area contributed by atoms with Gasteiger partial charge in [0.1, 0.15) is 23.6 Å². The van der Waals surface area contributed by atoms with Crippen LogP contribution in [-0.4, -0.2) is 87.8 Å². The molecular formula is C26H36N2O8. The average Bonchev–Trinajstić information content (AvgIpc) is 2.74. The third-order valence-electron chi connectivity index (χ3n) is 5.70. The summed E-state index contributed by atoms with van der Waals surface area (Å²) < 4.78 is 16.6. The van der Waals surface area contributed by atoms with E-state index in [2.05, 4.69) is 0 Å². The van der Waals surface area contributed by atoms with Crippen LogP contribution in [0.1, 0.15) is 53.5 Å². The number of carbonyl (C=O) groups is 3. The van der Waals surface area contributed by atoms with Crippen LogP contribution in [-0.2, 0) is 14.3 Å². The van der Waals surface area contributed by atoms with Crippen molar-refractivity contribution in [2.24, 2.45) is 0 Å². The number of rotatable bonds is 5. The second-order valence-electron chi connectivity index (χ2n) is 10.9. The molecule has 1 fully saturated rings. The van der Waals surface area contributed by atoms with E-state index in [0.29, 0.717) is 16.9 Å². The van der Waals surface area contributed by atoms with Crippen molar-refractivity contribution in [2.45, 2.75) is 71.2 Å². The molecule has 198 valence electrons. The van der Waals surface area contributed by atoms with Crippen LogP contribution in [0.4, 0.5) is 9.59 Å². The largest absolute Gasteiger partial charge is 0.491 e. The SMILES string of the molecule is CC(C)(C)OC(=O)N1CC2CC(c3ccc(OCCO)cc3)=C(C(=O)O)C(C1)N2C(=O)OC(C)(C)C. The van der Waals surface area contributed by atoms with Crippen LogP contribution in [0.25, 0.3) is 5.57 Å². The quantitative estimate of drug-likeness (QED) is 0.624. The molecule has 2 N–H and O–H groups in total. The van der Waals surface area contributed by atoms with Gasteiger partial charge in [-0.25, -0.2) is 14.4 Å². The van der Waals surface area contributed by atoms with Crippen LogP contribution in [0.5, 0.6) is 5.75 Å². The highest BCUT2D eigenvalue weighted by Gasteiger charge is 2.49. The smallest absolute Gasteiger partial charge is 0.411 e. The molecule has 2 amide bonds. The molecule has 0 radical (unpaired) electrons. The summed E-state index contributed by atoms with van der Waals surface area (Å²) in [6.07, 6.45) is -0.958. The Bertz CT molecular complexity index is 1020. The second-order valence-corrected chi connectivity index (χ2v) is 10.9. The lowest BCUT2D eigenvalue weighted by Gasteiger charge is -2.50. The minimum Gasteiger partial charge on any atom is -0.491 e. The van der Waals surface area contributed by atoms with Gasteiger partial charge in [-0.1, -0.05) is 12.1 Å². The molecule has 1 aromatic rings. The standard InChI is InChI=1S/C26H36N2O8/c1-25(2,3)35-23(32)27-14-17-13-19(16-7-9-18(10-8-16)34-12-11-29)21(22(30)31)20(15-27)28(17)24(33)36-26(4,5)6/h7-10,17,20,29H,11-15H2,1-6H3,(H,30,31). The number of hydrogen-bond donors (Lipinski definition) is 2. The lowest BCUT2D eigenvalue weighted by atomic mass is 9.82. The highest BCUT2D eigenvalue weighted by Crippen LogP contribution is 2.40. The van der Waals surface area contributed by atoms with E-state index in [0.717, 1.165) is 0 Å². The van der Waals surface area contributed by atoms with Crippen molar-refractivity contribution in [3.05, 3.63) is 35.4 Å². The van der Waals surface area contributed by atoms with Crippen molar-refractivity contribution < 1.29 is 38.8 Å². The molecule has 0 spiro atoms. The Morgan fingerprint density at radius 2 is 1.53 bits per heavy atom. The molecule has 2 atom stereocenters. The summed E-state index contributed by atoms with van der Waals surface area (Å²) in [7, 11) is 0. The lowest BCUT2D eigenvalue weighted by molar-refractivity contribution is -0.134. The third-order valence-corrected chi connectivity index (χ3v) is 5.70. The number of carboxylic acids is 1. The van der Waals surface area contributed by atoms with Crippen LogP contribution in [0, 0.1) is 0 Å². The van der Waals surface area contributed by atoms with E-state index in [9.17, 15) is 19.5 Å². The fourth-order valence-electron chi connectivity index (χ4n) is 4.44. The molecule has 0 aromatic heterocycles. The highest BCUT2D eigenvalue weighted by atomic mass is 16.6. The zero-order chi connectivity index (χ0) is 26.8. The van der Waals surface area contributed by atoms with Crippen LogP contribution in [0.15, 0.2) is 29.8 Å². The molecular weight excluding hydrogens is 468 g/mol. The molecule has 0 saturated carbocycles. The molecule has 10 nitrogen and oxygen atoms in total. The van der Waals surface area contributed by atoms with Gasteiger partial charge < -0.3 is 29.3 Å². The van der Waals surface area contributed by atoms with Gasteiger partial charge >= 0.3 is 18.2 Å². The van der Waals surface area contributed by atoms with Gasteiger partial charge in [-0.3, -0.25) is 4.90 Å². The van der Waals surface area contributed by atoms with E-state index in [-0.39, 0.29) is 38.3 Å². The predicted octanol–water partition coefficient (Wildman–Crippen LogP) is 3.52. The van der Waals surface area contributed by atoms with Crippen LogP contribution in [0.2, 0.25) is 0 Å². The maximum atomic E-state index is 13.2. The summed E-state index contributed by atoms with van der Waals surface area (Å²) in [5.41, 5.74) is -0.170. The Hall–Kier alpha value is -3.27. The van der Waals surface area contributed by atoms with Gasteiger partial charge in [0.15, 0.2) is 0 Å². The van der Waals surface area contributed by atoms with Gasteiger partial charge in [-0.05, 0) is 71.2 Å². The number of aliphatic hydroxyl groups is 1. The zero-order valence-corrected chi connectivity index (χ0v) is 21.7. The first-order valence-electron chi connectivity index (χ1n) is 12.0. The summed E-state index contributed by atoms with van der Waals surface area (Å²) in [6.45, 7) is 10.7. The van der Waals surface area contributed by atoms with E-state index in [1.807, 2.05) is 0 Å². The van der Waals surface area contributed by atoms with Crippen molar-refractivity contribution in [1.82, 2.24) is 9.80 Å². The molecule has 2 aliphatic heterocycles. The first-order chi connectivity index (χ1) is 16.7. The first-order valence-corrected chi connectivity index (χ1v) is 12.0. The fourth-order valence-corrected chi connectivity index (χ4v) is 4.44. The number of fused-ring (bicyclic) bond motifs is 2. The van der Waals surface area contributed by atoms with Crippen LogP contribution >= 0.6 is 0 Å². The summed E-state index contributed by atoms with van der Waals surface area (Å²) in [5.74, 6) is -0.624. The second kappa shape index (κ2) is 10.4. The van der Waals surface area contributed by atoms with Gasteiger partial charge in [0, 0.05) is 13.1 Å². The number of ether oxygens (including phenoxy) is 3. The normalized spacial score (nSPS) is 20.2. The molecule has 2 bridgehead atoms. The summed E-state index contributed by atoms with van der Waals surface area (Å²) >= 11 is 0. The Labute approximate surface area is 211 Å². The van der Waals surface area contributed by atoms with E-state index >= 15 is 0 Å². The Balaban J connectivity index is 2.03. The number of nitrogens with zero attached hydrogens (tertiary/aromatic N) is 2. The molecule has 1 saturated heterocycles. The number of aliphatic carboxylic acids is 1. The van der Waals surface area contributed by atoms with Crippen molar-refractivity contribution in [3.8, 4) is 5.75 Å². The molecule has 36 heavy (non-hydrogen) atoms. The fraction of sp³-hybridized carbons (Fsp3) is 0.577. The minimum absolute atomic E-state index is 0.0342. The van der Waals surface area contributed by atoms with Gasteiger partial charge in [-0.2, -0.15) is 0 Å². The van der Waals surface area contributed by atoms with Crippen molar-refractivity contribution >= 4 is 23.7 Å². The number of amides is 2. The van der Waals surface area contributed by atoms with Crippen molar-refractivity contribution in [3.63, 3.8) is 0 Å². The van der Waals surface area contributed by atoms with Gasteiger partial charge in [0.25, 0.3) is 0 Å². The molecule has 2 heterocycles. The number of benzene rings is 1. The molecule has 10 heteroatoms. The summed E-state index contributed by atoms with van der Waals surface area (Å²) in [5, 5.41) is 19.2. The van der Waals surface area contributed by atoms with Crippen molar-refractivity contribution in [2.75, 3.05) is 26.3 Å². The molecule has 2 aliphatic rings. The average molecular weight is 505 g/mol. The number of piperazine rings is 1. The predicted molar refractivity (Wildman–Crippen MR) is 132 cm³/mol. The van der Waals surface area contributed by atoms with E-state index in [1.165, 1.54) is 9.80 Å². The zero-order valence-electron chi connectivity index (χ0n) is 21.7.